The molecule has 2 nitrogen and oxygen atoms in total. The highest BCUT2D eigenvalue weighted by molar-refractivity contribution is 5.87. The molecule has 0 fully saturated rings. The van der Waals surface area contributed by atoms with Crippen molar-refractivity contribution in [1.82, 2.24) is 9.97 Å². The fourth-order valence-corrected chi connectivity index (χ4v) is 9.35. The third-order valence-corrected chi connectivity index (χ3v) is 12.3. The van der Waals surface area contributed by atoms with Crippen molar-refractivity contribution >= 4 is 0 Å². The number of rotatable bonds is 3. The van der Waals surface area contributed by atoms with E-state index >= 15 is 0 Å². The van der Waals surface area contributed by atoms with Crippen molar-refractivity contribution in [2.75, 3.05) is 0 Å². The van der Waals surface area contributed by atoms with E-state index in [0.717, 1.165) is 28.3 Å². The van der Waals surface area contributed by atoms with E-state index < -0.39 is 0 Å². The Labute approximate surface area is 300 Å². The second-order valence-corrected chi connectivity index (χ2v) is 16.3. The molecule has 5 aromatic carbocycles. The average molecular weight is 657 g/mol. The minimum absolute atomic E-state index is 0.0443. The van der Waals surface area contributed by atoms with E-state index in [0.29, 0.717) is 0 Å². The summed E-state index contributed by atoms with van der Waals surface area (Å²) in [5, 5.41) is 0. The first kappa shape index (κ1) is 30.2. The van der Waals surface area contributed by atoms with Gasteiger partial charge in [0.15, 0.2) is 0 Å². The van der Waals surface area contributed by atoms with Crippen LogP contribution in [0.1, 0.15) is 74.9 Å². The fourth-order valence-electron chi connectivity index (χ4n) is 9.35. The van der Waals surface area contributed by atoms with Crippen molar-refractivity contribution in [3.8, 4) is 67.3 Å². The van der Waals surface area contributed by atoms with Gasteiger partial charge in [0.2, 0.25) is 0 Å². The van der Waals surface area contributed by atoms with Gasteiger partial charge in [0.05, 0.1) is 22.8 Å². The Hall–Kier alpha value is -5.60. The van der Waals surface area contributed by atoms with Crippen LogP contribution >= 0.6 is 0 Å². The van der Waals surface area contributed by atoms with Crippen LogP contribution in [0, 0.1) is 0 Å². The van der Waals surface area contributed by atoms with Gasteiger partial charge in [-0.1, -0.05) is 145 Å². The number of pyridine rings is 2. The van der Waals surface area contributed by atoms with Crippen LogP contribution < -0.4 is 0 Å². The monoisotopic (exact) mass is 656 g/mol. The smallest absolute Gasteiger partial charge is 0.0753 e. The molecule has 2 heteroatoms. The quantitative estimate of drug-likeness (QED) is 0.189. The molecule has 51 heavy (non-hydrogen) atoms. The summed E-state index contributed by atoms with van der Waals surface area (Å²) >= 11 is 0. The Kier molecular flexibility index (Phi) is 6.07. The highest BCUT2D eigenvalue weighted by atomic mass is 14.7. The maximum absolute atomic E-state index is 5.30. The molecule has 0 aliphatic heterocycles. The lowest BCUT2D eigenvalue weighted by Gasteiger charge is -2.23. The van der Waals surface area contributed by atoms with Gasteiger partial charge in [0.1, 0.15) is 0 Å². The number of aromatic nitrogens is 2. The largest absolute Gasteiger partial charge is 0.247 e. The second kappa shape index (κ2) is 10.2. The van der Waals surface area contributed by atoms with E-state index in [-0.39, 0.29) is 16.2 Å². The molecule has 2 aromatic heterocycles. The molecule has 246 valence electrons. The molecule has 0 N–H and O–H groups in total. The zero-order valence-electron chi connectivity index (χ0n) is 30.1. The van der Waals surface area contributed by atoms with Crippen LogP contribution in [-0.4, -0.2) is 9.97 Å². The summed E-state index contributed by atoms with van der Waals surface area (Å²) < 4.78 is 0. The van der Waals surface area contributed by atoms with E-state index in [2.05, 4.69) is 175 Å². The average Bonchev–Trinajstić information content (AvgIpc) is 3.63. The van der Waals surface area contributed by atoms with Crippen LogP contribution in [0.5, 0.6) is 0 Å². The summed E-state index contributed by atoms with van der Waals surface area (Å²) in [5.41, 5.74) is 21.9. The lowest BCUT2D eigenvalue weighted by molar-refractivity contribution is 0.659. The van der Waals surface area contributed by atoms with Crippen LogP contribution in [0.15, 0.2) is 133 Å². The maximum atomic E-state index is 5.30. The fraction of sp³-hybridized carbons (Fsp3) is 0.184. The third-order valence-electron chi connectivity index (χ3n) is 12.3. The van der Waals surface area contributed by atoms with Gasteiger partial charge >= 0.3 is 0 Å². The number of hydrogen-bond acceptors (Lipinski definition) is 2. The van der Waals surface area contributed by atoms with Gasteiger partial charge in [0, 0.05) is 38.5 Å². The van der Waals surface area contributed by atoms with E-state index in [1.54, 1.807) is 0 Å². The molecule has 2 heterocycles. The van der Waals surface area contributed by atoms with Crippen molar-refractivity contribution in [3.63, 3.8) is 0 Å². The number of hydrogen-bond donors (Lipinski definition) is 0. The Balaban J connectivity index is 0.998. The topological polar surface area (TPSA) is 25.8 Å². The minimum Gasteiger partial charge on any atom is -0.247 e. The SMILES string of the molecule is CC1(C)c2cc(-c3cccc(-c4ccc5c(n4)-c4ccccc4C5(C)C)c3)ccc2-c2ccc(-c3ccc4c(n3)-c3ccccc3C4(C)C)cc21. The lowest BCUT2D eigenvalue weighted by Crippen LogP contribution is -2.15. The molecule has 0 unspecified atom stereocenters. The molecule has 3 aliphatic rings. The van der Waals surface area contributed by atoms with Crippen molar-refractivity contribution in [1.29, 1.82) is 0 Å². The molecular formula is C49H40N2. The maximum Gasteiger partial charge on any atom is 0.0753 e. The predicted octanol–water partition coefficient (Wildman–Crippen LogP) is 12.4. The van der Waals surface area contributed by atoms with E-state index in [9.17, 15) is 0 Å². The van der Waals surface area contributed by atoms with Gasteiger partial charge in [-0.25, -0.2) is 9.97 Å². The Bertz CT molecular complexity index is 2620. The van der Waals surface area contributed by atoms with Gasteiger partial charge in [0.25, 0.3) is 0 Å². The van der Waals surface area contributed by atoms with E-state index in [4.69, 9.17) is 9.97 Å². The molecule has 0 spiro atoms. The molecule has 10 rings (SSSR count). The highest BCUT2D eigenvalue weighted by Crippen LogP contribution is 2.52. The minimum atomic E-state index is -0.151. The van der Waals surface area contributed by atoms with Gasteiger partial charge in [-0.3, -0.25) is 0 Å². The first-order valence-corrected chi connectivity index (χ1v) is 18.2. The van der Waals surface area contributed by atoms with Gasteiger partial charge < -0.3 is 0 Å². The summed E-state index contributed by atoms with van der Waals surface area (Å²) in [6.45, 7) is 14.0. The van der Waals surface area contributed by atoms with E-state index in [1.165, 1.54) is 72.3 Å². The van der Waals surface area contributed by atoms with Crippen LogP contribution in [-0.2, 0) is 16.2 Å². The van der Waals surface area contributed by atoms with Crippen molar-refractivity contribution in [2.45, 2.75) is 57.8 Å². The molecule has 0 atom stereocenters. The lowest BCUT2D eigenvalue weighted by atomic mass is 9.81. The Morgan fingerprint density at radius 3 is 1.31 bits per heavy atom. The van der Waals surface area contributed by atoms with Gasteiger partial charge in [-0.2, -0.15) is 0 Å². The van der Waals surface area contributed by atoms with Crippen LogP contribution in [0.25, 0.3) is 67.3 Å². The molecule has 3 aliphatic carbocycles. The normalized spacial score (nSPS) is 16.1. The highest BCUT2D eigenvalue weighted by Gasteiger charge is 2.39. The zero-order chi connectivity index (χ0) is 34.9. The number of benzene rings is 5. The second-order valence-electron chi connectivity index (χ2n) is 16.3. The summed E-state index contributed by atoms with van der Waals surface area (Å²) in [4.78, 5) is 10.6. The molecule has 0 saturated heterocycles. The summed E-state index contributed by atoms with van der Waals surface area (Å²) in [7, 11) is 0. The van der Waals surface area contributed by atoms with Gasteiger partial charge in [-0.15, -0.1) is 0 Å². The number of nitrogens with zero attached hydrogens (tertiary/aromatic N) is 2. The van der Waals surface area contributed by atoms with Gasteiger partial charge in [-0.05, 0) is 86.0 Å². The molecular weight excluding hydrogens is 617 g/mol. The van der Waals surface area contributed by atoms with Crippen molar-refractivity contribution in [2.24, 2.45) is 0 Å². The van der Waals surface area contributed by atoms with Crippen LogP contribution in [0.2, 0.25) is 0 Å². The van der Waals surface area contributed by atoms with Crippen molar-refractivity contribution in [3.05, 3.63) is 167 Å². The molecule has 0 amide bonds. The Morgan fingerprint density at radius 2 is 0.745 bits per heavy atom. The first-order chi connectivity index (χ1) is 24.5. The van der Waals surface area contributed by atoms with Crippen LogP contribution in [0.4, 0.5) is 0 Å². The predicted molar refractivity (Wildman–Crippen MR) is 211 cm³/mol. The summed E-state index contributed by atoms with van der Waals surface area (Å²) in [6, 6.07) is 49.3. The Morgan fingerprint density at radius 1 is 0.314 bits per heavy atom. The molecule has 0 radical (unpaired) electrons. The van der Waals surface area contributed by atoms with Crippen molar-refractivity contribution < 1.29 is 0 Å². The van der Waals surface area contributed by atoms with Crippen LogP contribution in [0.3, 0.4) is 0 Å². The van der Waals surface area contributed by atoms with E-state index in [1.807, 2.05) is 0 Å². The summed E-state index contributed by atoms with van der Waals surface area (Å²) in [5.74, 6) is 0. The number of fused-ring (bicyclic) bond motifs is 9. The standard InChI is InChI=1S/C49H40N2/c1-47(2)37-16-9-7-14-35(37)45-39(47)22-24-43(50-45)31-13-11-12-29(26-31)30-18-20-33-34-21-19-32(28-42(34)49(5,6)41(33)27-30)44-25-23-40-46(51-44)36-15-8-10-17-38(36)48(40,3)4/h7-28H,1-6H3. The molecule has 7 aromatic rings. The molecule has 0 bridgehead atoms. The zero-order valence-corrected chi connectivity index (χ0v) is 30.1. The summed E-state index contributed by atoms with van der Waals surface area (Å²) in [6.07, 6.45) is 0. The molecule has 0 saturated carbocycles. The first-order valence-electron chi connectivity index (χ1n) is 18.2. The third kappa shape index (κ3) is 4.17.